The third kappa shape index (κ3) is 3.56. The lowest BCUT2D eigenvalue weighted by Crippen LogP contribution is -2.30. The number of hydrogen-bond donors (Lipinski definition) is 1. The summed E-state index contributed by atoms with van der Waals surface area (Å²) in [6.07, 6.45) is 1.55. The second-order valence-electron chi connectivity index (χ2n) is 4.26. The van der Waals surface area contributed by atoms with Crippen LogP contribution in [-0.2, 0) is 11.3 Å². The van der Waals surface area contributed by atoms with Gasteiger partial charge in [-0.25, -0.2) is 4.98 Å². The molecule has 1 aromatic heterocycles. The van der Waals surface area contributed by atoms with Crippen LogP contribution >= 0.6 is 11.6 Å². The molecule has 0 aliphatic rings. The standard InChI is InChI=1S/C13H14ClN3O2/c1-17(7-12(15)18)6-9-8-19-13(16-9)10-4-2-3-5-11(10)14/h2-5,8H,6-7H2,1H3,(H2,15,18). The number of carbonyl (C=O) groups excluding carboxylic acids is 1. The van der Waals surface area contributed by atoms with Crippen molar-refractivity contribution in [1.29, 1.82) is 0 Å². The Labute approximate surface area is 116 Å². The van der Waals surface area contributed by atoms with E-state index in [1.165, 1.54) is 0 Å². The van der Waals surface area contributed by atoms with E-state index < -0.39 is 0 Å². The molecule has 2 N–H and O–H groups in total. The molecule has 0 unspecified atom stereocenters. The quantitative estimate of drug-likeness (QED) is 0.907. The molecular formula is C13H14ClN3O2. The van der Waals surface area contributed by atoms with Crippen LogP contribution in [0.1, 0.15) is 5.69 Å². The predicted molar refractivity (Wildman–Crippen MR) is 72.5 cm³/mol. The zero-order valence-corrected chi connectivity index (χ0v) is 11.2. The lowest BCUT2D eigenvalue weighted by atomic mass is 10.2. The number of nitrogens with zero attached hydrogens (tertiary/aromatic N) is 2. The number of amides is 1. The minimum Gasteiger partial charge on any atom is -0.444 e. The Hall–Kier alpha value is -1.85. The second kappa shape index (κ2) is 5.86. The van der Waals surface area contributed by atoms with E-state index in [0.29, 0.717) is 17.5 Å². The van der Waals surface area contributed by atoms with Gasteiger partial charge in [-0.1, -0.05) is 23.7 Å². The monoisotopic (exact) mass is 279 g/mol. The topological polar surface area (TPSA) is 72.4 Å². The number of carbonyl (C=O) groups is 1. The number of oxazole rings is 1. The average molecular weight is 280 g/mol. The smallest absolute Gasteiger partial charge is 0.231 e. The summed E-state index contributed by atoms with van der Waals surface area (Å²) in [6.45, 7) is 0.658. The van der Waals surface area contributed by atoms with Crippen LogP contribution in [0.2, 0.25) is 5.02 Å². The number of rotatable bonds is 5. The van der Waals surface area contributed by atoms with Gasteiger partial charge in [-0.3, -0.25) is 9.69 Å². The van der Waals surface area contributed by atoms with Gasteiger partial charge in [-0.05, 0) is 19.2 Å². The van der Waals surface area contributed by atoms with Crippen LogP contribution in [0.25, 0.3) is 11.5 Å². The first-order valence-electron chi connectivity index (χ1n) is 5.72. The molecule has 100 valence electrons. The highest BCUT2D eigenvalue weighted by Crippen LogP contribution is 2.26. The van der Waals surface area contributed by atoms with E-state index in [2.05, 4.69) is 4.98 Å². The van der Waals surface area contributed by atoms with Gasteiger partial charge in [0.25, 0.3) is 0 Å². The fourth-order valence-corrected chi connectivity index (χ4v) is 1.95. The van der Waals surface area contributed by atoms with Crippen LogP contribution in [0, 0.1) is 0 Å². The Bertz CT molecular complexity index is 583. The Balaban J connectivity index is 2.11. The molecule has 0 bridgehead atoms. The van der Waals surface area contributed by atoms with Crippen molar-refractivity contribution in [3.05, 3.63) is 41.2 Å². The molecule has 19 heavy (non-hydrogen) atoms. The van der Waals surface area contributed by atoms with E-state index in [0.717, 1.165) is 11.3 Å². The molecule has 1 amide bonds. The summed E-state index contributed by atoms with van der Waals surface area (Å²) in [5.41, 5.74) is 6.59. The zero-order valence-electron chi connectivity index (χ0n) is 10.5. The first-order chi connectivity index (χ1) is 9.06. The van der Waals surface area contributed by atoms with Crippen molar-refractivity contribution in [2.45, 2.75) is 6.54 Å². The van der Waals surface area contributed by atoms with Crippen molar-refractivity contribution in [2.75, 3.05) is 13.6 Å². The summed E-state index contributed by atoms with van der Waals surface area (Å²) in [5.74, 6) is 0.0883. The molecule has 6 heteroatoms. The molecule has 0 aliphatic heterocycles. The van der Waals surface area contributed by atoms with Gasteiger partial charge in [0.2, 0.25) is 11.8 Å². The maximum absolute atomic E-state index is 10.8. The predicted octanol–water partition coefficient (Wildman–Crippen LogP) is 1.91. The molecular weight excluding hydrogens is 266 g/mol. The molecule has 0 atom stereocenters. The normalized spacial score (nSPS) is 10.9. The summed E-state index contributed by atoms with van der Waals surface area (Å²) >= 11 is 6.07. The highest BCUT2D eigenvalue weighted by molar-refractivity contribution is 6.33. The van der Waals surface area contributed by atoms with E-state index >= 15 is 0 Å². The van der Waals surface area contributed by atoms with Crippen molar-refractivity contribution in [2.24, 2.45) is 5.73 Å². The summed E-state index contributed by atoms with van der Waals surface area (Å²) < 4.78 is 5.40. The highest BCUT2D eigenvalue weighted by Gasteiger charge is 2.11. The van der Waals surface area contributed by atoms with Crippen LogP contribution in [0.3, 0.4) is 0 Å². The number of primary amides is 1. The first kappa shape index (κ1) is 13.6. The Morgan fingerprint density at radius 1 is 1.47 bits per heavy atom. The van der Waals surface area contributed by atoms with Crippen LogP contribution in [0.4, 0.5) is 0 Å². The summed E-state index contributed by atoms with van der Waals surface area (Å²) in [4.78, 5) is 16.9. The van der Waals surface area contributed by atoms with E-state index in [1.54, 1.807) is 24.3 Å². The molecule has 0 aliphatic carbocycles. The molecule has 0 saturated heterocycles. The molecule has 5 nitrogen and oxygen atoms in total. The van der Waals surface area contributed by atoms with E-state index in [4.69, 9.17) is 21.8 Å². The van der Waals surface area contributed by atoms with E-state index in [9.17, 15) is 4.79 Å². The van der Waals surface area contributed by atoms with Crippen LogP contribution in [0.15, 0.2) is 34.9 Å². The molecule has 0 saturated carbocycles. The van der Waals surface area contributed by atoms with Crippen LogP contribution in [0.5, 0.6) is 0 Å². The van der Waals surface area contributed by atoms with Gasteiger partial charge in [-0.2, -0.15) is 0 Å². The number of halogens is 1. The molecule has 0 radical (unpaired) electrons. The van der Waals surface area contributed by atoms with Gasteiger partial charge in [0.1, 0.15) is 6.26 Å². The molecule has 1 aromatic carbocycles. The average Bonchev–Trinajstić information content (AvgIpc) is 2.76. The number of benzene rings is 1. The molecule has 1 heterocycles. The Morgan fingerprint density at radius 2 is 2.21 bits per heavy atom. The van der Waals surface area contributed by atoms with Gasteiger partial charge in [0.05, 0.1) is 22.8 Å². The number of nitrogens with two attached hydrogens (primary N) is 1. The summed E-state index contributed by atoms with van der Waals surface area (Å²) in [5, 5.41) is 0.585. The molecule has 2 aromatic rings. The molecule has 0 fully saturated rings. The lowest BCUT2D eigenvalue weighted by Gasteiger charge is -2.11. The summed E-state index contributed by atoms with van der Waals surface area (Å²) in [6, 6.07) is 7.33. The van der Waals surface area contributed by atoms with E-state index in [1.807, 2.05) is 18.2 Å². The largest absolute Gasteiger partial charge is 0.444 e. The van der Waals surface area contributed by atoms with Crippen molar-refractivity contribution in [3.8, 4) is 11.5 Å². The number of likely N-dealkylation sites (N-methyl/N-ethyl adjacent to an activating group) is 1. The lowest BCUT2D eigenvalue weighted by molar-refractivity contribution is -0.118. The minimum absolute atomic E-state index is 0.175. The van der Waals surface area contributed by atoms with Gasteiger partial charge >= 0.3 is 0 Å². The fourth-order valence-electron chi connectivity index (χ4n) is 1.74. The zero-order chi connectivity index (χ0) is 13.8. The van der Waals surface area contributed by atoms with Crippen molar-refractivity contribution >= 4 is 17.5 Å². The Morgan fingerprint density at radius 3 is 2.89 bits per heavy atom. The van der Waals surface area contributed by atoms with Crippen LogP contribution < -0.4 is 5.73 Å². The maximum Gasteiger partial charge on any atom is 0.231 e. The van der Waals surface area contributed by atoms with Gasteiger partial charge in [0, 0.05) is 6.54 Å². The molecule has 2 rings (SSSR count). The number of hydrogen-bond acceptors (Lipinski definition) is 4. The molecule has 0 spiro atoms. The second-order valence-corrected chi connectivity index (χ2v) is 4.67. The first-order valence-corrected chi connectivity index (χ1v) is 6.10. The SMILES string of the molecule is CN(CC(N)=O)Cc1coc(-c2ccccc2Cl)n1. The third-order valence-electron chi connectivity index (χ3n) is 2.51. The van der Waals surface area contributed by atoms with Crippen molar-refractivity contribution in [1.82, 2.24) is 9.88 Å². The third-order valence-corrected chi connectivity index (χ3v) is 2.84. The maximum atomic E-state index is 10.8. The minimum atomic E-state index is -0.377. The van der Waals surface area contributed by atoms with Crippen LogP contribution in [-0.4, -0.2) is 29.4 Å². The highest BCUT2D eigenvalue weighted by atomic mass is 35.5. The van der Waals surface area contributed by atoms with Crippen molar-refractivity contribution < 1.29 is 9.21 Å². The fraction of sp³-hybridized carbons (Fsp3) is 0.231. The van der Waals surface area contributed by atoms with Gasteiger partial charge < -0.3 is 10.2 Å². The Kier molecular flexibility index (Phi) is 4.19. The van der Waals surface area contributed by atoms with Gasteiger partial charge in [0.15, 0.2) is 0 Å². The number of aromatic nitrogens is 1. The van der Waals surface area contributed by atoms with Gasteiger partial charge in [-0.15, -0.1) is 0 Å². The summed E-state index contributed by atoms with van der Waals surface area (Å²) in [7, 11) is 1.79. The van der Waals surface area contributed by atoms with E-state index in [-0.39, 0.29) is 12.5 Å². The van der Waals surface area contributed by atoms with Crippen molar-refractivity contribution in [3.63, 3.8) is 0 Å².